The number of halogens is 3. The number of benzene rings is 2. The number of nitrogens with zero attached hydrogens (tertiary/aromatic N) is 1. The van der Waals surface area contributed by atoms with Gasteiger partial charge in [0.2, 0.25) is 0 Å². The summed E-state index contributed by atoms with van der Waals surface area (Å²) in [7, 11) is 0. The fourth-order valence-electron chi connectivity index (χ4n) is 1.81. The van der Waals surface area contributed by atoms with Crippen LogP contribution in [-0.4, -0.2) is 9.97 Å². The van der Waals surface area contributed by atoms with Crippen molar-refractivity contribution in [2.45, 2.75) is 0 Å². The highest BCUT2D eigenvalue weighted by Gasteiger charge is 2.11. The molecule has 0 aliphatic heterocycles. The average molecular weight is 326 g/mol. The Morgan fingerprint density at radius 2 is 2.06 bits per heavy atom. The van der Waals surface area contributed by atoms with Crippen molar-refractivity contribution < 1.29 is 4.39 Å². The zero-order valence-electron chi connectivity index (χ0n) is 9.05. The Balaban J connectivity index is 2.23. The molecule has 0 amide bonds. The van der Waals surface area contributed by atoms with E-state index >= 15 is 0 Å². The van der Waals surface area contributed by atoms with E-state index in [-0.39, 0.29) is 5.82 Å². The lowest BCUT2D eigenvalue weighted by Crippen LogP contribution is -1.86. The smallest absolute Gasteiger partial charge is 0.141 e. The fourth-order valence-corrected chi connectivity index (χ4v) is 2.36. The maximum absolute atomic E-state index is 13.8. The number of fused-ring (bicyclic) bond motifs is 1. The van der Waals surface area contributed by atoms with Gasteiger partial charge in [0, 0.05) is 4.47 Å². The van der Waals surface area contributed by atoms with Crippen LogP contribution in [0.4, 0.5) is 4.39 Å². The molecular weight excluding hydrogens is 319 g/mol. The van der Waals surface area contributed by atoms with Gasteiger partial charge < -0.3 is 4.98 Å². The molecule has 18 heavy (non-hydrogen) atoms. The Kier molecular flexibility index (Phi) is 2.84. The molecule has 1 aromatic heterocycles. The lowest BCUT2D eigenvalue weighted by molar-refractivity contribution is 0.629. The van der Waals surface area contributed by atoms with E-state index in [1.165, 1.54) is 6.07 Å². The molecule has 0 aliphatic rings. The van der Waals surface area contributed by atoms with Gasteiger partial charge in [-0.25, -0.2) is 9.37 Å². The van der Waals surface area contributed by atoms with Gasteiger partial charge in [0.15, 0.2) is 0 Å². The molecule has 0 aliphatic carbocycles. The topological polar surface area (TPSA) is 28.7 Å². The molecule has 1 heterocycles. The van der Waals surface area contributed by atoms with Crippen LogP contribution >= 0.6 is 27.5 Å². The summed E-state index contributed by atoms with van der Waals surface area (Å²) in [6.45, 7) is 0. The van der Waals surface area contributed by atoms with Crippen molar-refractivity contribution in [3.63, 3.8) is 0 Å². The standard InChI is InChI=1S/C13H7BrClFN2/c14-7-4-5-8(10(16)6-7)13-17-11-3-1-2-9(15)12(11)18-13/h1-6H,(H,17,18). The molecule has 0 bridgehead atoms. The quantitative estimate of drug-likeness (QED) is 0.685. The molecule has 0 saturated carbocycles. The number of hydrogen-bond donors (Lipinski definition) is 1. The number of hydrogen-bond acceptors (Lipinski definition) is 1. The highest BCUT2D eigenvalue weighted by molar-refractivity contribution is 9.10. The molecule has 90 valence electrons. The summed E-state index contributed by atoms with van der Waals surface area (Å²) in [5.41, 5.74) is 1.86. The second-order valence-electron chi connectivity index (χ2n) is 3.85. The van der Waals surface area contributed by atoms with Crippen LogP contribution < -0.4 is 0 Å². The van der Waals surface area contributed by atoms with E-state index in [4.69, 9.17) is 11.6 Å². The first-order chi connectivity index (χ1) is 8.65. The molecule has 0 radical (unpaired) electrons. The van der Waals surface area contributed by atoms with Crippen LogP contribution in [0.3, 0.4) is 0 Å². The Bertz CT molecular complexity index is 739. The molecule has 5 heteroatoms. The maximum Gasteiger partial charge on any atom is 0.141 e. The van der Waals surface area contributed by atoms with E-state index in [1.54, 1.807) is 18.2 Å². The highest BCUT2D eigenvalue weighted by Crippen LogP contribution is 2.28. The monoisotopic (exact) mass is 324 g/mol. The SMILES string of the molecule is Fc1cc(Br)ccc1-c1nc2c(Cl)cccc2[nH]1. The summed E-state index contributed by atoms with van der Waals surface area (Å²) in [5.74, 6) is 0.141. The van der Waals surface area contributed by atoms with Gasteiger partial charge in [-0.2, -0.15) is 0 Å². The van der Waals surface area contributed by atoms with E-state index in [0.29, 0.717) is 26.4 Å². The fraction of sp³-hybridized carbons (Fsp3) is 0. The maximum atomic E-state index is 13.8. The molecule has 3 rings (SSSR count). The van der Waals surface area contributed by atoms with Gasteiger partial charge in [-0.05, 0) is 30.3 Å². The third-order valence-electron chi connectivity index (χ3n) is 2.65. The largest absolute Gasteiger partial charge is 0.338 e. The van der Waals surface area contributed by atoms with Gasteiger partial charge in [0.1, 0.15) is 17.2 Å². The first-order valence-corrected chi connectivity index (χ1v) is 6.42. The number of para-hydroxylation sites is 1. The number of imidazole rings is 1. The minimum atomic E-state index is -0.334. The first kappa shape index (κ1) is 11.7. The predicted molar refractivity (Wildman–Crippen MR) is 74.2 cm³/mol. The van der Waals surface area contributed by atoms with E-state index < -0.39 is 0 Å². The van der Waals surface area contributed by atoms with Gasteiger partial charge in [-0.1, -0.05) is 33.6 Å². The molecule has 0 unspecified atom stereocenters. The van der Waals surface area contributed by atoms with Gasteiger partial charge >= 0.3 is 0 Å². The van der Waals surface area contributed by atoms with Gasteiger partial charge in [-0.3, -0.25) is 0 Å². The third-order valence-corrected chi connectivity index (χ3v) is 3.45. The predicted octanol–water partition coefficient (Wildman–Crippen LogP) is 4.78. The summed E-state index contributed by atoms with van der Waals surface area (Å²) in [6, 6.07) is 10.3. The van der Waals surface area contributed by atoms with Crippen LogP contribution in [0, 0.1) is 5.82 Å². The van der Waals surface area contributed by atoms with Crippen molar-refractivity contribution in [3.05, 3.63) is 51.7 Å². The van der Waals surface area contributed by atoms with Crippen LogP contribution in [0.2, 0.25) is 5.02 Å². The summed E-state index contributed by atoms with van der Waals surface area (Å²) in [4.78, 5) is 7.39. The molecule has 1 N–H and O–H groups in total. The number of nitrogens with one attached hydrogen (secondary N) is 1. The van der Waals surface area contributed by atoms with Crippen LogP contribution in [0.25, 0.3) is 22.4 Å². The van der Waals surface area contributed by atoms with Crippen LogP contribution in [0.5, 0.6) is 0 Å². The average Bonchev–Trinajstić information content (AvgIpc) is 2.74. The molecule has 2 nitrogen and oxygen atoms in total. The lowest BCUT2D eigenvalue weighted by atomic mass is 10.2. The third kappa shape index (κ3) is 1.91. The van der Waals surface area contributed by atoms with Gasteiger partial charge in [-0.15, -0.1) is 0 Å². The molecule has 0 fully saturated rings. The zero-order chi connectivity index (χ0) is 12.7. The number of aromatic amines is 1. The van der Waals surface area contributed by atoms with Crippen molar-refractivity contribution in [1.82, 2.24) is 9.97 Å². The minimum absolute atomic E-state index is 0.334. The Morgan fingerprint density at radius 1 is 1.22 bits per heavy atom. The second kappa shape index (κ2) is 4.37. The molecule has 0 saturated heterocycles. The summed E-state index contributed by atoms with van der Waals surface area (Å²) < 4.78 is 14.5. The van der Waals surface area contributed by atoms with E-state index in [2.05, 4.69) is 25.9 Å². The summed E-state index contributed by atoms with van der Waals surface area (Å²) >= 11 is 9.26. The Hall–Kier alpha value is -1.39. The zero-order valence-corrected chi connectivity index (χ0v) is 11.4. The van der Waals surface area contributed by atoms with E-state index in [0.717, 1.165) is 5.52 Å². The number of aromatic nitrogens is 2. The van der Waals surface area contributed by atoms with E-state index in [9.17, 15) is 4.39 Å². The van der Waals surface area contributed by atoms with Crippen molar-refractivity contribution in [3.8, 4) is 11.4 Å². The Morgan fingerprint density at radius 3 is 2.78 bits per heavy atom. The second-order valence-corrected chi connectivity index (χ2v) is 5.17. The normalized spacial score (nSPS) is 11.1. The summed E-state index contributed by atoms with van der Waals surface area (Å²) in [6.07, 6.45) is 0. The number of rotatable bonds is 1. The first-order valence-electron chi connectivity index (χ1n) is 5.25. The summed E-state index contributed by atoms with van der Waals surface area (Å²) in [5, 5.41) is 0.549. The molecule has 0 spiro atoms. The molecule has 2 aromatic carbocycles. The van der Waals surface area contributed by atoms with Crippen LogP contribution in [0.15, 0.2) is 40.9 Å². The Labute approximate surface area is 116 Å². The molecular formula is C13H7BrClFN2. The van der Waals surface area contributed by atoms with Gasteiger partial charge in [0.05, 0.1) is 16.1 Å². The van der Waals surface area contributed by atoms with Crippen molar-refractivity contribution >= 4 is 38.6 Å². The van der Waals surface area contributed by atoms with Crippen LogP contribution in [-0.2, 0) is 0 Å². The highest BCUT2D eigenvalue weighted by atomic mass is 79.9. The van der Waals surface area contributed by atoms with Crippen LogP contribution in [0.1, 0.15) is 0 Å². The number of H-pyrrole nitrogens is 1. The van der Waals surface area contributed by atoms with Gasteiger partial charge in [0.25, 0.3) is 0 Å². The molecule has 0 atom stereocenters. The van der Waals surface area contributed by atoms with Crippen molar-refractivity contribution in [1.29, 1.82) is 0 Å². The van der Waals surface area contributed by atoms with Crippen molar-refractivity contribution in [2.24, 2.45) is 0 Å². The van der Waals surface area contributed by atoms with E-state index in [1.807, 2.05) is 12.1 Å². The lowest BCUT2D eigenvalue weighted by Gasteiger charge is -1.99. The minimum Gasteiger partial charge on any atom is -0.338 e. The molecule has 3 aromatic rings. The van der Waals surface area contributed by atoms with Crippen molar-refractivity contribution in [2.75, 3.05) is 0 Å².